The Kier molecular flexibility index (Phi) is 4.36. The van der Waals surface area contributed by atoms with E-state index in [1.807, 2.05) is 0 Å². The van der Waals surface area contributed by atoms with E-state index in [1.54, 1.807) is 25.1 Å². The van der Waals surface area contributed by atoms with Gasteiger partial charge in [-0.3, -0.25) is 0 Å². The van der Waals surface area contributed by atoms with Crippen molar-refractivity contribution in [2.45, 2.75) is 13.0 Å². The van der Waals surface area contributed by atoms with Gasteiger partial charge in [-0.1, -0.05) is 46.9 Å². The molecule has 0 radical (unpaired) electrons. The number of aliphatic hydroxyl groups excluding tert-OH is 1. The van der Waals surface area contributed by atoms with Gasteiger partial charge in [0.05, 0.1) is 10.0 Å². The standard InChI is InChI=1S/C14H10Cl3FO/c1-7-5-9(11(16)6-12(7)18)14(19)8-3-2-4-10(15)13(8)17/h2-6,14,19H,1H3. The van der Waals surface area contributed by atoms with Gasteiger partial charge in [-0.05, 0) is 30.7 Å². The first-order valence-electron chi connectivity index (χ1n) is 5.49. The summed E-state index contributed by atoms with van der Waals surface area (Å²) < 4.78 is 13.4. The number of benzene rings is 2. The van der Waals surface area contributed by atoms with Crippen molar-refractivity contribution in [2.75, 3.05) is 0 Å². The molecule has 1 nitrogen and oxygen atoms in total. The highest BCUT2D eigenvalue weighted by Crippen LogP contribution is 2.36. The molecule has 0 bridgehead atoms. The molecule has 2 aromatic rings. The van der Waals surface area contributed by atoms with E-state index in [1.165, 1.54) is 12.1 Å². The Bertz CT molecular complexity index is 628. The minimum Gasteiger partial charge on any atom is -0.384 e. The summed E-state index contributed by atoms with van der Waals surface area (Å²) in [6.45, 7) is 1.60. The molecule has 0 heterocycles. The zero-order chi connectivity index (χ0) is 14.2. The molecule has 0 saturated heterocycles. The zero-order valence-corrected chi connectivity index (χ0v) is 12.2. The first-order valence-corrected chi connectivity index (χ1v) is 6.62. The molecule has 1 atom stereocenters. The number of halogens is 4. The summed E-state index contributed by atoms with van der Waals surface area (Å²) in [5, 5.41) is 11.1. The van der Waals surface area contributed by atoms with Gasteiger partial charge in [0.2, 0.25) is 0 Å². The molecular weight excluding hydrogens is 310 g/mol. The van der Waals surface area contributed by atoms with Crippen LogP contribution < -0.4 is 0 Å². The van der Waals surface area contributed by atoms with Crippen LogP contribution in [-0.4, -0.2) is 5.11 Å². The molecule has 1 N–H and O–H groups in total. The number of aryl methyl sites for hydroxylation is 1. The molecule has 0 aliphatic rings. The fourth-order valence-electron chi connectivity index (χ4n) is 1.79. The Morgan fingerprint density at radius 2 is 1.74 bits per heavy atom. The van der Waals surface area contributed by atoms with Crippen molar-refractivity contribution in [3.63, 3.8) is 0 Å². The van der Waals surface area contributed by atoms with Gasteiger partial charge in [-0.2, -0.15) is 0 Å². The summed E-state index contributed by atoms with van der Waals surface area (Å²) in [7, 11) is 0. The zero-order valence-electron chi connectivity index (χ0n) is 9.92. The summed E-state index contributed by atoms with van der Waals surface area (Å²) in [6, 6.07) is 7.62. The van der Waals surface area contributed by atoms with Crippen LogP contribution >= 0.6 is 34.8 Å². The maximum atomic E-state index is 13.4. The third kappa shape index (κ3) is 2.87. The van der Waals surface area contributed by atoms with Gasteiger partial charge in [-0.25, -0.2) is 4.39 Å². The largest absolute Gasteiger partial charge is 0.384 e. The number of hydrogen-bond acceptors (Lipinski definition) is 1. The second kappa shape index (κ2) is 5.68. The molecule has 0 amide bonds. The third-order valence-electron chi connectivity index (χ3n) is 2.85. The number of rotatable bonds is 2. The monoisotopic (exact) mass is 318 g/mol. The second-order valence-corrected chi connectivity index (χ2v) is 5.36. The van der Waals surface area contributed by atoms with E-state index in [2.05, 4.69) is 0 Å². The van der Waals surface area contributed by atoms with Gasteiger partial charge in [0.15, 0.2) is 0 Å². The van der Waals surface area contributed by atoms with Gasteiger partial charge >= 0.3 is 0 Å². The van der Waals surface area contributed by atoms with Crippen LogP contribution in [-0.2, 0) is 0 Å². The van der Waals surface area contributed by atoms with E-state index in [4.69, 9.17) is 34.8 Å². The summed E-state index contributed by atoms with van der Waals surface area (Å²) in [5.74, 6) is -0.418. The molecule has 1 unspecified atom stereocenters. The van der Waals surface area contributed by atoms with Crippen LogP contribution in [0, 0.1) is 12.7 Å². The molecule has 0 aliphatic heterocycles. The highest BCUT2D eigenvalue weighted by molar-refractivity contribution is 6.42. The van der Waals surface area contributed by atoms with Gasteiger partial charge < -0.3 is 5.11 Å². The van der Waals surface area contributed by atoms with Gasteiger partial charge in [0.25, 0.3) is 0 Å². The number of aliphatic hydroxyl groups is 1. The van der Waals surface area contributed by atoms with Crippen molar-refractivity contribution >= 4 is 34.8 Å². The Morgan fingerprint density at radius 1 is 1.05 bits per heavy atom. The third-order valence-corrected chi connectivity index (χ3v) is 4.01. The van der Waals surface area contributed by atoms with E-state index < -0.39 is 11.9 Å². The van der Waals surface area contributed by atoms with E-state index >= 15 is 0 Å². The summed E-state index contributed by atoms with van der Waals surface area (Å²) in [6.07, 6.45) is -1.06. The van der Waals surface area contributed by atoms with E-state index in [0.717, 1.165) is 0 Å². The summed E-state index contributed by atoms with van der Waals surface area (Å²) in [4.78, 5) is 0. The van der Waals surface area contributed by atoms with E-state index in [0.29, 0.717) is 21.7 Å². The molecule has 0 fully saturated rings. The minimum atomic E-state index is -1.06. The molecule has 2 rings (SSSR count). The van der Waals surface area contributed by atoms with E-state index in [9.17, 15) is 9.50 Å². The minimum absolute atomic E-state index is 0.145. The van der Waals surface area contributed by atoms with Crippen molar-refractivity contribution in [1.29, 1.82) is 0 Å². The maximum Gasteiger partial charge on any atom is 0.127 e. The van der Waals surface area contributed by atoms with Crippen LogP contribution in [0.2, 0.25) is 15.1 Å². The molecule has 0 aliphatic carbocycles. The molecule has 0 saturated carbocycles. The second-order valence-electron chi connectivity index (χ2n) is 4.17. The predicted octanol–water partition coefficient (Wildman–Crippen LogP) is 5.18. The Labute approximate surface area is 125 Å². The average Bonchev–Trinajstić information content (AvgIpc) is 2.36. The van der Waals surface area contributed by atoms with Crippen LogP contribution in [0.25, 0.3) is 0 Å². The highest BCUT2D eigenvalue weighted by atomic mass is 35.5. The van der Waals surface area contributed by atoms with Gasteiger partial charge in [-0.15, -0.1) is 0 Å². The first kappa shape index (κ1) is 14.6. The molecule has 0 aromatic heterocycles. The molecule has 5 heteroatoms. The van der Waals surface area contributed by atoms with Gasteiger partial charge in [0.1, 0.15) is 11.9 Å². The number of hydrogen-bond donors (Lipinski definition) is 1. The lowest BCUT2D eigenvalue weighted by atomic mass is 9.99. The van der Waals surface area contributed by atoms with Gasteiger partial charge in [0, 0.05) is 16.1 Å². The smallest absolute Gasteiger partial charge is 0.127 e. The molecule has 100 valence electrons. The van der Waals surface area contributed by atoms with Crippen LogP contribution in [0.5, 0.6) is 0 Å². The highest BCUT2D eigenvalue weighted by Gasteiger charge is 2.19. The van der Waals surface area contributed by atoms with Crippen LogP contribution in [0.1, 0.15) is 22.8 Å². The summed E-state index contributed by atoms with van der Waals surface area (Å²) in [5.41, 5.74) is 1.23. The molecule has 19 heavy (non-hydrogen) atoms. The lowest BCUT2D eigenvalue weighted by molar-refractivity contribution is 0.220. The molecular formula is C14H10Cl3FO. The summed E-state index contributed by atoms with van der Waals surface area (Å²) >= 11 is 17.9. The van der Waals surface area contributed by atoms with E-state index in [-0.39, 0.29) is 10.0 Å². The van der Waals surface area contributed by atoms with Crippen molar-refractivity contribution in [1.82, 2.24) is 0 Å². The lowest BCUT2D eigenvalue weighted by Crippen LogP contribution is -2.03. The Hall–Kier alpha value is -0.800. The molecule has 2 aromatic carbocycles. The predicted molar refractivity (Wildman–Crippen MR) is 76.7 cm³/mol. The normalized spacial score (nSPS) is 12.5. The SMILES string of the molecule is Cc1cc(C(O)c2cccc(Cl)c2Cl)c(Cl)cc1F. The average molecular weight is 320 g/mol. The van der Waals surface area contributed by atoms with Crippen molar-refractivity contribution < 1.29 is 9.50 Å². The fourth-order valence-corrected chi connectivity index (χ4v) is 2.45. The van der Waals surface area contributed by atoms with Crippen LogP contribution in [0.15, 0.2) is 30.3 Å². The van der Waals surface area contributed by atoms with Crippen LogP contribution in [0.4, 0.5) is 4.39 Å². The van der Waals surface area contributed by atoms with Crippen molar-refractivity contribution in [3.8, 4) is 0 Å². The van der Waals surface area contributed by atoms with Crippen molar-refractivity contribution in [3.05, 3.63) is 67.9 Å². The molecule has 0 spiro atoms. The quantitative estimate of drug-likeness (QED) is 0.809. The first-order chi connectivity index (χ1) is 8.91. The lowest BCUT2D eigenvalue weighted by Gasteiger charge is -2.16. The van der Waals surface area contributed by atoms with Crippen molar-refractivity contribution in [2.24, 2.45) is 0 Å². The topological polar surface area (TPSA) is 20.2 Å². The maximum absolute atomic E-state index is 13.4. The Balaban J connectivity index is 2.53. The van der Waals surface area contributed by atoms with Crippen LogP contribution in [0.3, 0.4) is 0 Å². The fraction of sp³-hybridized carbons (Fsp3) is 0.143. The Morgan fingerprint density at radius 3 is 2.42 bits per heavy atom.